The molecule has 1 saturated heterocycles. The van der Waals surface area contributed by atoms with Gasteiger partial charge >= 0.3 is 5.97 Å². The summed E-state index contributed by atoms with van der Waals surface area (Å²) in [6, 6.07) is 6.95. The normalized spacial score (nSPS) is 21.1. The number of carbonyl (C=O) groups is 2. The summed E-state index contributed by atoms with van der Waals surface area (Å²) in [7, 11) is -3.17. The zero-order valence-electron chi connectivity index (χ0n) is 12.7. The van der Waals surface area contributed by atoms with E-state index in [1.54, 1.807) is 24.3 Å². The molecule has 1 aliphatic heterocycles. The van der Waals surface area contributed by atoms with Crippen molar-refractivity contribution in [1.82, 2.24) is 5.32 Å². The number of aliphatic carboxylic acids is 1. The SMILES string of the molecule is CS(=O)(=O)Cc1ccccc1CNC(=O)[C@H]1CC[C@@H](C(=O)O)O1. The summed E-state index contributed by atoms with van der Waals surface area (Å²) in [5.74, 6) is -1.55. The van der Waals surface area contributed by atoms with Gasteiger partial charge in [-0.2, -0.15) is 0 Å². The molecule has 1 amide bonds. The largest absolute Gasteiger partial charge is 0.479 e. The van der Waals surface area contributed by atoms with Gasteiger partial charge in [-0.05, 0) is 24.0 Å². The van der Waals surface area contributed by atoms with E-state index < -0.39 is 28.0 Å². The molecule has 1 aromatic carbocycles. The van der Waals surface area contributed by atoms with E-state index in [1.165, 1.54) is 0 Å². The number of rotatable bonds is 6. The van der Waals surface area contributed by atoms with E-state index in [2.05, 4.69) is 5.32 Å². The highest BCUT2D eigenvalue weighted by atomic mass is 32.2. The molecular weight excluding hydrogens is 322 g/mol. The van der Waals surface area contributed by atoms with Crippen LogP contribution >= 0.6 is 0 Å². The Hall–Kier alpha value is -1.93. The minimum absolute atomic E-state index is 0.0972. The average molecular weight is 341 g/mol. The van der Waals surface area contributed by atoms with E-state index in [0.717, 1.165) is 6.26 Å². The number of nitrogens with one attached hydrogen (secondary N) is 1. The number of hydrogen-bond donors (Lipinski definition) is 2. The van der Waals surface area contributed by atoms with Gasteiger partial charge < -0.3 is 15.2 Å². The molecule has 1 heterocycles. The maximum absolute atomic E-state index is 12.0. The van der Waals surface area contributed by atoms with Gasteiger partial charge in [0, 0.05) is 12.8 Å². The van der Waals surface area contributed by atoms with Crippen molar-refractivity contribution in [3.63, 3.8) is 0 Å². The zero-order valence-corrected chi connectivity index (χ0v) is 13.5. The molecule has 1 fully saturated rings. The van der Waals surface area contributed by atoms with E-state index in [9.17, 15) is 18.0 Å². The second-order valence-electron chi connectivity index (χ2n) is 5.59. The fourth-order valence-electron chi connectivity index (χ4n) is 2.46. The van der Waals surface area contributed by atoms with Gasteiger partial charge in [0.1, 0.15) is 6.10 Å². The highest BCUT2D eigenvalue weighted by molar-refractivity contribution is 7.89. The highest BCUT2D eigenvalue weighted by Crippen LogP contribution is 2.20. The second kappa shape index (κ2) is 7.10. The fraction of sp³-hybridized carbons (Fsp3) is 0.467. The summed E-state index contributed by atoms with van der Waals surface area (Å²) in [5.41, 5.74) is 1.34. The molecular formula is C15H19NO6S. The molecule has 7 nitrogen and oxygen atoms in total. The smallest absolute Gasteiger partial charge is 0.332 e. The van der Waals surface area contributed by atoms with Crippen molar-refractivity contribution >= 4 is 21.7 Å². The van der Waals surface area contributed by atoms with Gasteiger partial charge in [-0.25, -0.2) is 13.2 Å². The number of sulfone groups is 1. The van der Waals surface area contributed by atoms with Crippen molar-refractivity contribution in [3.8, 4) is 0 Å². The first-order chi connectivity index (χ1) is 10.8. The third-order valence-electron chi connectivity index (χ3n) is 3.58. The first-order valence-electron chi connectivity index (χ1n) is 7.17. The molecule has 126 valence electrons. The maximum Gasteiger partial charge on any atom is 0.332 e. The second-order valence-corrected chi connectivity index (χ2v) is 7.73. The summed E-state index contributed by atoms with van der Waals surface area (Å²) in [5, 5.41) is 11.5. The molecule has 2 rings (SSSR count). The quantitative estimate of drug-likeness (QED) is 0.779. The minimum atomic E-state index is -3.17. The van der Waals surface area contributed by atoms with E-state index in [1.807, 2.05) is 0 Å². The first-order valence-corrected chi connectivity index (χ1v) is 9.23. The van der Waals surface area contributed by atoms with Crippen molar-refractivity contribution in [2.24, 2.45) is 0 Å². The van der Waals surface area contributed by atoms with Gasteiger partial charge in [-0.15, -0.1) is 0 Å². The topological polar surface area (TPSA) is 110 Å². The Bertz CT molecular complexity index is 700. The predicted molar refractivity (Wildman–Crippen MR) is 82.4 cm³/mol. The lowest BCUT2D eigenvalue weighted by Gasteiger charge is -2.13. The van der Waals surface area contributed by atoms with Crippen LogP contribution in [0.3, 0.4) is 0 Å². The van der Waals surface area contributed by atoms with Crippen molar-refractivity contribution in [2.45, 2.75) is 37.3 Å². The van der Waals surface area contributed by atoms with Crippen LogP contribution in [-0.2, 0) is 36.5 Å². The van der Waals surface area contributed by atoms with Crippen molar-refractivity contribution in [3.05, 3.63) is 35.4 Å². The van der Waals surface area contributed by atoms with Gasteiger partial charge in [-0.3, -0.25) is 4.79 Å². The highest BCUT2D eigenvalue weighted by Gasteiger charge is 2.34. The van der Waals surface area contributed by atoms with Gasteiger partial charge in [0.2, 0.25) is 5.91 Å². The Balaban J connectivity index is 1.96. The van der Waals surface area contributed by atoms with Gasteiger partial charge in [0.05, 0.1) is 5.75 Å². The Labute approximate surface area is 134 Å². The first kappa shape index (κ1) is 17.4. The molecule has 8 heteroatoms. The number of carbonyl (C=O) groups excluding carboxylic acids is 1. The number of carboxylic acid groups (broad SMARTS) is 1. The predicted octanol–water partition coefficient (Wildman–Crippen LogP) is 0.480. The Morgan fingerprint density at radius 1 is 1.22 bits per heavy atom. The molecule has 1 aromatic rings. The van der Waals surface area contributed by atoms with Crippen LogP contribution in [-0.4, -0.2) is 43.9 Å². The summed E-state index contributed by atoms with van der Waals surface area (Å²) < 4.78 is 28.1. The summed E-state index contributed by atoms with van der Waals surface area (Å²) in [6.45, 7) is 0.169. The number of ether oxygens (including phenoxy) is 1. The molecule has 0 aromatic heterocycles. The molecule has 2 atom stereocenters. The van der Waals surface area contributed by atoms with Crippen LogP contribution in [0.15, 0.2) is 24.3 Å². The Kier molecular flexibility index (Phi) is 5.38. The van der Waals surface area contributed by atoms with Crippen molar-refractivity contribution < 1.29 is 27.9 Å². The molecule has 0 saturated carbocycles. The molecule has 0 radical (unpaired) electrons. The molecule has 0 spiro atoms. The van der Waals surface area contributed by atoms with Crippen LogP contribution < -0.4 is 5.32 Å². The molecule has 1 aliphatic rings. The molecule has 2 N–H and O–H groups in total. The van der Waals surface area contributed by atoms with E-state index in [-0.39, 0.29) is 18.2 Å². The van der Waals surface area contributed by atoms with E-state index >= 15 is 0 Å². The Morgan fingerprint density at radius 2 is 1.83 bits per heavy atom. The lowest BCUT2D eigenvalue weighted by molar-refractivity contribution is -0.151. The summed E-state index contributed by atoms with van der Waals surface area (Å²) in [6.07, 6.45) is 0.0913. The number of hydrogen-bond acceptors (Lipinski definition) is 5. The van der Waals surface area contributed by atoms with E-state index in [4.69, 9.17) is 9.84 Å². The summed E-state index contributed by atoms with van der Waals surface area (Å²) >= 11 is 0. The van der Waals surface area contributed by atoms with Crippen LogP contribution in [0.4, 0.5) is 0 Å². The molecule has 0 aliphatic carbocycles. The Morgan fingerprint density at radius 3 is 2.39 bits per heavy atom. The number of amides is 1. The third-order valence-corrected chi connectivity index (χ3v) is 4.41. The number of carboxylic acids is 1. The zero-order chi connectivity index (χ0) is 17.0. The summed E-state index contributed by atoms with van der Waals surface area (Å²) in [4.78, 5) is 22.8. The minimum Gasteiger partial charge on any atom is -0.479 e. The lowest BCUT2D eigenvalue weighted by Crippen LogP contribution is -2.35. The van der Waals surface area contributed by atoms with Crippen molar-refractivity contribution in [1.29, 1.82) is 0 Å². The van der Waals surface area contributed by atoms with E-state index in [0.29, 0.717) is 24.0 Å². The maximum atomic E-state index is 12.0. The monoisotopic (exact) mass is 341 g/mol. The van der Waals surface area contributed by atoms with Crippen molar-refractivity contribution in [2.75, 3.05) is 6.26 Å². The lowest BCUT2D eigenvalue weighted by atomic mass is 10.1. The van der Waals surface area contributed by atoms with Crippen LogP contribution in [0.2, 0.25) is 0 Å². The van der Waals surface area contributed by atoms with Crippen LogP contribution in [0, 0.1) is 0 Å². The fourth-order valence-corrected chi connectivity index (χ4v) is 3.31. The van der Waals surface area contributed by atoms with Crippen LogP contribution in [0.25, 0.3) is 0 Å². The average Bonchev–Trinajstić information content (AvgIpc) is 2.94. The standard InChI is InChI=1S/C15H19NO6S/c1-23(20,21)9-11-5-3-2-4-10(11)8-16-14(17)12-6-7-13(22-12)15(18)19/h2-5,12-13H,6-9H2,1H3,(H,16,17)(H,18,19)/t12-,13+/m1/s1. The van der Waals surface area contributed by atoms with Gasteiger partial charge in [-0.1, -0.05) is 24.3 Å². The number of benzene rings is 1. The van der Waals surface area contributed by atoms with Gasteiger partial charge in [0.15, 0.2) is 15.9 Å². The van der Waals surface area contributed by atoms with Crippen LogP contribution in [0.5, 0.6) is 0 Å². The van der Waals surface area contributed by atoms with Crippen LogP contribution in [0.1, 0.15) is 24.0 Å². The molecule has 23 heavy (non-hydrogen) atoms. The molecule has 0 unspecified atom stereocenters. The van der Waals surface area contributed by atoms with Gasteiger partial charge in [0.25, 0.3) is 0 Å². The molecule has 0 bridgehead atoms. The third kappa shape index (κ3) is 5.04.